The number of rotatable bonds is 63. The van der Waals surface area contributed by atoms with Gasteiger partial charge in [0.05, 0.1) is 6.61 Å². The van der Waals surface area contributed by atoms with Crippen LogP contribution in [0.1, 0.15) is 284 Å². The maximum atomic E-state index is 12.4. The van der Waals surface area contributed by atoms with Gasteiger partial charge in [-0.15, -0.1) is 0 Å². The van der Waals surface area contributed by atoms with Gasteiger partial charge in [0.2, 0.25) is 0 Å². The van der Waals surface area contributed by atoms with Gasteiger partial charge in [-0.3, -0.25) is 9.59 Å². The molecule has 1 unspecified atom stereocenters. The molecule has 0 aliphatic heterocycles. The fourth-order valence-corrected chi connectivity index (χ4v) is 9.33. The van der Waals surface area contributed by atoms with Crippen molar-refractivity contribution in [2.24, 2.45) is 0 Å². The van der Waals surface area contributed by atoms with Crippen molar-refractivity contribution in [3.8, 4) is 0 Å². The molecule has 0 aromatic carbocycles. The van der Waals surface area contributed by atoms with Gasteiger partial charge < -0.3 is 14.6 Å². The molecule has 0 heterocycles. The van der Waals surface area contributed by atoms with Crippen molar-refractivity contribution in [3.63, 3.8) is 0 Å². The standard InChI is InChI=1S/C83H130O5/c1-3-5-7-9-11-13-15-17-19-21-23-25-27-29-31-33-35-37-39-40-41-42-44-46-48-50-52-54-56-58-60-62-64-66-68-70-72-74-76-78-83(86)88-81(79-84)80-87-82(85)77-75-73-71-69-67-65-63-61-59-57-55-53-51-49-47-45-43-38-36-34-32-30-28-26-24-22-20-18-16-14-12-10-8-6-4-2/h5-8,11-14,17-20,23-26,29-32,35-38,40-41,44-47,50-53,81,84H,3-4,9-10,15-16,21-22,27-28,33-34,39,42-43,48-49,54-80H2,1-2H3/b7-5-,8-6-,13-11-,14-12-,19-17-,20-18-,25-23-,26-24-,31-29-,32-30-,37-35-,38-36-,41-40-,46-44-,47-45-,52-50-,53-51-. The third-order valence-corrected chi connectivity index (χ3v) is 14.6. The monoisotopic (exact) mass is 1210 g/mol. The molecule has 0 fully saturated rings. The van der Waals surface area contributed by atoms with Crippen molar-refractivity contribution < 1.29 is 24.2 Å². The quantitative estimate of drug-likeness (QED) is 0.0373. The number of allylic oxidation sites excluding steroid dienone is 34. The van der Waals surface area contributed by atoms with E-state index in [1.54, 1.807) is 0 Å². The zero-order chi connectivity index (χ0) is 63.3. The third-order valence-electron chi connectivity index (χ3n) is 14.6. The number of unbranched alkanes of at least 4 members (excludes halogenated alkanes) is 21. The molecule has 0 spiro atoms. The molecular weight excluding hydrogens is 1080 g/mol. The van der Waals surface area contributed by atoms with E-state index in [4.69, 9.17) is 9.47 Å². The average molecular weight is 1210 g/mol. The summed E-state index contributed by atoms with van der Waals surface area (Å²) in [5, 5.41) is 9.71. The number of ether oxygens (including phenoxy) is 2. The van der Waals surface area contributed by atoms with E-state index in [-0.39, 0.29) is 25.2 Å². The van der Waals surface area contributed by atoms with Crippen LogP contribution in [0.2, 0.25) is 0 Å². The van der Waals surface area contributed by atoms with Gasteiger partial charge in [-0.05, 0) is 148 Å². The van der Waals surface area contributed by atoms with Crippen molar-refractivity contribution in [1.29, 1.82) is 0 Å². The van der Waals surface area contributed by atoms with E-state index in [0.717, 1.165) is 148 Å². The fourth-order valence-electron chi connectivity index (χ4n) is 9.33. The molecule has 5 heteroatoms. The van der Waals surface area contributed by atoms with Crippen LogP contribution >= 0.6 is 0 Å². The lowest BCUT2D eigenvalue weighted by atomic mass is 10.0. The van der Waals surface area contributed by atoms with Crippen molar-refractivity contribution in [1.82, 2.24) is 0 Å². The van der Waals surface area contributed by atoms with Gasteiger partial charge in [0.15, 0.2) is 6.10 Å². The van der Waals surface area contributed by atoms with Crippen LogP contribution in [0.3, 0.4) is 0 Å². The summed E-state index contributed by atoms with van der Waals surface area (Å²) in [6.45, 7) is 3.91. The minimum atomic E-state index is -0.792. The Morgan fingerprint density at radius 2 is 0.455 bits per heavy atom. The van der Waals surface area contributed by atoms with Gasteiger partial charge in [-0.1, -0.05) is 330 Å². The van der Waals surface area contributed by atoms with Gasteiger partial charge in [-0.2, -0.15) is 0 Å². The molecule has 1 N–H and O–H groups in total. The number of carbonyl (C=O) groups is 2. The van der Waals surface area contributed by atoms with Crippen molar-refractivity contribution in [2.75, 3.05) is 13.2 Å². The van der Waals surface area contributed by atoms with E-state index in [0.29, 0.717) is 12.8 Å². The van der Waals surface area contributed by atoms with Crippen molar-refractivity contribution >= 4 is 11.9 Å². The highest BCUT2D eigenvalue weighted by Crippen LogP contribution is 2.15. The summed E-state index contributed by atoms with van der Waals surface area (Å²) in [5.74, 6) is -0.608. The van der Waals surface area contributed by atoms with E-state index >= 15 is 0 Å². The molecule has 0 aromatic rings. The minimum Gasteiger partial charge on any atom is -0.462 e. The molecule has 1 atom stereocenters. The van der Waals surface area contributed by atoms with Crippen LogP contribution in [0.15, 0.2) is 207 Å². The van der Waals surface area contributed by atoms with Gasteiger partial charge in [0.1, 0.15) is 6.61 Å². The Bertz CT molecular complexity index is 2050. The predicted molar refractivity (Wildman–Crippen MR) is 389 cm³/mol. The maximum absolute atomic E-state index is 12.4. The van der Waals surface area contributed by atoms with Gasteiger partial charge in [0.25, 0.3) is 0 Å². The first kappa shape index (κ1) is 82.5. The first-order chi connectivity index (χ1) is 43.6. The predicted octanol–water partition coefficient (Wildman–Crippen LogP) is 25.3. The highest BCUT2D eigenvalue weighted by Gasteiger charge is 2.16. The Labute approximate surface area is 542 Å². The lowest BCUT2D eigenvalue weighted by molar-refractivity contribution is -0.161. The summed E-state index contributed by atoms with van der Waals surface area (Å²) in [6.07, 6.45) is 121. The summed E-state index contributed by atoms with van der Waals surface area (Å²) in [4.78, 5) is 24.7. The molecule has 492 valence electrons. The molecule has 0 aliphatic rings. The molecule has 0 bridgehead atoms. The van der Waals surface area contributed by atoms with Crippen molar-refractivity contribution in [2.45, 2.75) is 290 Å². The molecule has 0 aromatic heterocycles. The van der Waals surface area contributed by atoms with E-state index in [2.05, 4.69) is 220 Å². The minimum absolute atomic E-state index is 0.0807. The molecular formula is C83H130O5. The molecule has 0 saturated carbocycles. The Morgan fingerprint density at radius 3 is 0.682 bits per heavy atom. The molecule has 88 heavy (non-hydrogen) atoms. The highest BCUT2D eigenvalue weighted by molar-refractivity contribution is 5.70. The molecule has 5 nitrogen and oxygen atoms in total. The highest BCUT2D eigenvalue weighted by atomic mass is 16.6. The molecule has 0 saturated heterocycles. The molecule has 0 rings (SSSR count). The van der Waals surface area contributed by atoms with Crippen LogP contribution in [0.5, 0.6) is 0 Å². The second-order valence-electron chi connectivity index (χ2n) is 22.8. The normalized spacial score (nSPS) is 13.5. The van der Waals surface area contributed by atoms with Crippen LogP contribution in [-0.4, -0.2) is 36.4 Å². The third kappa shape index (κ3) is 73.0. The van der Waals surface area contributed by atoms with Gasteiger partial charge in [-0.25, -0.2) is 0 Å². The van der Waals surface area contributed by atoms with Crippen LogP contribution in [0, 0.1) is 0 Å². The second kappa shape index (κ2) is 75.7. The first-order valence-corrected chi connectivity index (χ1v) is 35.6. The summed E-state index contributed by atoms with van der Waals surface area (Å²) in [5.41, 5.74) is 0. The topological polar surface area (TPSA) is 72.8 Å². The van der Waals surface area contributed by atoms with E-state index in [9.17, 15) is 14.7 Å². The molecule has 0 radical (unpaired) electrons. The zero-order valence-electron chi connectivity index (χ0n) is 56.4. The largest absolute Gasteiger partial charge is 0.462 e. The lowest BCUT2D eigenvalue weighted by Gasteiger charge is -2.15. The SMILES string of the molecule is CC/C=C\C/C=C\C/C=C\C/C=C\C/C=C\C/C=C\C/C=C\C/C=C\C/C=C\CCCCCCCCCCCCCC(=O)OC(CO)COC(=O)CCCCCCCCCCCC/C=C\C/C=C\C/C=C\C/C=C\C/C=C\C/C=C\C/C=C\C/C=C\CC. The Hall–Kier alpha value is -5.52. The van der Waals surface area contributed by atoms with Crippen LogP contribution in [0.25, 0.3) is 0 Å². The summed E-state index contributed by atoms with van der Waals surface area (Å²) in [6, 6.07) is 0. The molecule has 0 amide bonds. The average Bonchev–Trinajstić information content (AvgIpc) is 3.54. The zero-order valence-corrected chi connectivity index (χ0v) is 56.4. The van der Waals surface area contributed by atoms with E-state index in [1.807, 2.05) is 0 Å². The number of aliphatic hydroxyl groups is 1. The number of carbonyl (C=O) groups excluding carboxylic acids is 2. The number of hydrogen-bond acceptors (Lipinski definition) is 5. The first-order valence-electron chi connectivity index (χ1n) is 35.6. The lowest BCUT2D eigenvalue weighted by Crippen LogP contribution is -2.28. The van der Waals surface area contributed by atoms with Crippen LogP contribution in [0.4, 0.5) is 0 Å². The van der Waals surface area contributed by atoms with Gasteiger partial charge >= 0.3 is 11.9 Å². The van der Waals surface area contributed by atoms with E-state index < -0.39 is 6.10 Å². The number of esters is 2. The summed E-state index contributed by atoms with van der Waals surface area (Å²) in [7, 11) is 0. The Kier molecular flexibility index (Phi) is 71.0. The van der Waals surface area contributed by atoms with Gasteiger partial charge in [0, 0.05) is 12.8 Å². The summed E-state index contributed by atoms with van der Waals surface area (Å²) < 4.78 is 10.8. The van der Waals surface area contributed by atoms with Crippen LogP contribution in [-0.2, 0) is 19.1 Å². The second-order valence-corrected chi connectivity index (χ2v) is 22.8. The van der Waals surface area contributed by atoms with Crippen molar-refractivity contribution in [3.05, 3.63) is 207 Å². The number of hydrogen-bond donors (Lipinski definition) is 1. The number of aliphatic hydroxyl groups excluding tert-OH is 1. The Morgan fingerprint density at radius 1 is 0.261 bits per heavy atom. The van der Waals surface area contributed by atoms with Crippen LogP contribution < -0.4 is 0 Å². The van der Waals surface area contributed by atoms with E-state index in [1.165, 1.54) is 109 Å². The fraction of sp³-hybridized carbons (Fsp3) is 0.566. The maximum Gasteiger partial charge on any atom is 0.306 e. The molecule has 0 aliphatic carbocycles. The Balaban J connectivity index is 3.58. The summed E-state index contributed by atoms with van der Waals surface area (Å²) >= 11 is 0. The smallest absolute Gasteiger partial charge is 0.306 e.